The number of hydrogen-bond acceptors (Lipinski definition) is 2. The minimum absolute atomic E-state index is 0.294. The Bertz CT molecular complexity index is 310. The number of rotatable bonds is 3. The van der Waals surface area contributed by atoms with Crippen molar-refractivity contribution in [2.75, 3.05) is 6.61 Å². The second-order valence-corrected chi connectivity index (χ2v) is 2.93. The van der Waals surface area contributed by atoms with E-state index in [1.807, 2.05) is 0 Å². The van der Waals surface area contributed by atoms with Gasteiger partial charge in [0.25, 0.3) is 0 Å². The van der Waals surface area contributed by atoms with Crippen molar-refractivity contribution in [3.63, 3.8) is 0 Å². The zero-order valence-corrected chi connectivity index (χ0v) is 8.08. The molecule has 0 heterocycles. The lowest BCUT2D eigenvalue weighted by molar-refractivity contribution is -0.137. The van der Waals surface area contributed by atoms with Gasteiger partial charge < -0.3 is 9.68 Å². The zero-order chi connectivity index (χ0) is 11.5. The third-order valence-corrected chi connectivity index (χ3v) is 1.85. The fourth-order valence-corrected chi connectivity index (χ4v) is 1.09. The summed E-state index contributed by atoms with van der Waals surface area (Å²) in [6, 6.07) is 4.22. The van der Waals surface area contributed by atoms with Gasteiger partial charge in [0.15, 0.2) is 0 Å². The Morgan fingerprint density at radius 3 is 2.20 bits per heavy atom. The first-order valence-corrected chi connectivity index (χ1v) is 4.42. The van der Waals surface area contributed by atoms with E-state index < -0.39 is 18.9 Å². The second-order valence-electron chi connectivity index (χ2n) is 2.93. The van der Waals surface area contributed by atoms with Crippen LogP contribution in [0, 0.1) is 0 Å². The SMILES string of the molecule is CCOB(O)c1ccc(C(F)(F)F)cc1. The highest BCUT2D eigenvalue weighted by Crippen LogP contribution is 2.28. The molecule has 0 aliphatic rings. The summed E-state index contributed by atoms with van der Waals surface area (Å²) < 4.78 is 41.4. The molecule has 1 aromatic carbocycles. The van der Waals surface area contributed by atoms with Crippen LogP contribution in [0.2, 0.25) is 0 Å². The van der Waals surface area contributed by atoms with Crippen molar-refractivity contribution in [3.05, 3.63) is 29.8 Å². The van der Waals surface area contributed by atoms with Crippen LogP contribution in [0.3, 0.4) is 0 Å². The third-order valence-electron chi connectivity index (χ3n) is 1.85. The molecule has 0 aromatic heterocycles. The molecule has 0 spiro atoms. The van der Waals surface area contributed by atoms with Gasteiger partial charge in [0.1, 0.15) is 0 Å². The lowest BCUT2D eigenvalue weighted by Gasteiger charge is -2.09. The minimum Gasteiger partial charge on any atom is -0.423 e. The quantitative estimate of drug-likeness (QED) is 0.777. The van der Waals surface area contributed by atoms with E-state index in [0.29, 0.717) is 12.1 Å². The summed E-state index contributed by atoms with van der Waals surface area (Å²) >= 11 is 0. The molecule has 0 aliphatic carbocycles. The van der Waals surface area contributed by atoms with Crippen molar-refractivity contribution in [3.8, 4) is 0 Å². The van der Waals surface area contributed by atoms with E-state index in [1.165, 1.54) is 12.1 Å². The minimum atomic E-state index is -4.35. The van der Waals surface area contributed by atoms with Crippen LogP contribution in [0.4, 0.5) is 13.2 Å². The van der Waals surface area contributed by atoms with Gasteiger partial charge in [-0.05, 0) is 12.4 Å². The average Bonchev–Trinajstić information content (AvgIpc) is 2.17. The maximum Gasteiger partial charge on any atom is 0.491 e. The molecule has 82 valence electrons. The molecule has 0 amide bonds. The molecule has 0 aliphatic heterocycles. The third kappa shape index (κ3) is 3.25. The Labute approximate surface area is 85.8 Å². The molecular weight excluding hydrogens is 208 g/mol. The molecule has 0 bridgehead atoms. The van der Waals surface area contributed by atoms with Crippen LogP contribution in [0.25, 0.3) is 0 Å². The van der Waals surface area contributed by atoms with Gasteiger partial charge in [-0.25, -0.2) is 0 Å². The first-order valence-electron chi connectivity index (χ1n) is 4.42. The van der Waals surface area contributed by atoms with E-state index in [1.54, 1.807) is 6.92 Å². The Morgan fingerprint density at radius 1 is 1.27 bits per heavy atom. The fourth-order valence-electron chi connectivity index (χ4n) is 1.09. The normalized spacial score (nSPS) is 11.5. The largest absolute Gasteiger partial charge is 0.491 e. The first kappa shape index (κ1) is 12.1. The summed E-state index contributed by atoms with van der Waals surface area (Å²) in [5, 5.41) is 9.31. The molecular formula is C9H10BF3O2. The van der Waals surface area contributed by atoms with Crippen LogP contribution in [-0.2, 0) is 10.8 Å². The lowest BCUT2D eigenvalue weighted by Crippen LogP contribution is -2.33. The molecule has 0 atom stereocenters. The molecule has 0 unspecified atom stereocenters. The molecule has 0 saturated heterocycles. The molecule has 2 nitrogen and oxygen atoms in total. The summed E-state index contributed by atoms with van der Waals surface area (Å²) in [7, 11) is -1.17. The summed E-state index contributed by atoms with van der Waals surface area (Å²) in [6.45, 7) is 1.98. The van der Waals surface area contributed by atoms with Gasteiger partial charge in [0.2, 0.25) is 0 Å². The Hall–Kier alpha value is -1.01. The predicted octanol–water partition coefficient (Wildman–Crippen LogP) is 1.43. The van der Waals surface area contributed by atoms with Crippen molar-refractivity contribution in [2.24, 2.45) is 0 Å². The lowest BCUT2D eigenvalue weighted by atomic mass is 9.79. The van der Waals surface area contributed by atoms with Gasteiger partial charge in [-0.1, -0.05) is 24.3 Å². The number of alkyl halides is 3. The van der Waals surface area contributed by atoms with Crippen molar-refractivity contribution in [1.82, 2.24) is 0 Å². The molecule has 0 saturated carbocycles. The van der Waals surface area contributed by atoms with Crippen molar-refractivity contribution in [2.45, 2.75) is 13.1 Å². The molecule has 6 heteroatoms. The Morgan fingerprint density at radius 2 is 1.80 bits per heavy atom. The van der Waals surface area contributed by atoms with Gasteiger partial charge >= 0.3 is 13.3 Å². The van der Waals surface area contributed by atoms with Gasteiger partial charge in [-0.15, -0.1) is 0 Å². The number of halogens is 3. The molecule has 0 radical (unpaired) electrons. The predicted molar refractivity (Wildman–Crippen MR) is 50.7 cm³/mol. The Balaban J connectivity index is 2.81. The summed E-state index contributed by atoms with van der Waals surface area (Å²) in [5.41, 5.74) is -0.431. The van der Waals surface area contributed by atoms with E-state index in [2.05, 4.69) is 0 Å². The highest BCUT2D eigenvalue weighted by Gasteiger charge is 2.30. The van der Waals surface area contributed by atoms with Crippen molar-refractivity contribution >= 4 is 12.6 Å². The highest BCUT2D eigenvalue weighted by atomic mass is 19.4. The van der Waals surface area contributed by atoms with Crippen molar-refractivity contribution < 1.29 is 22.8 Å². The smallest absolute Gasteiger partial charge is 0.423 e. The van der Waals surface area contributed by atoms with E-state index in [9.17, 15) is 18.2 Å². The Kier molecular flexibility index (Phi) is 3.76. The molecule has 1 N–H and O–H groups in total. The topological polar surface area (TPSA) is 29.5 Å². The number of hydrogen-bond donors (Lipinski definition) is 1. The van der Waals surface area contributed by atoms with Crippen LogP contribution in [0.15, 0.2) is 24.3 Å². The van der Waals surface area contributed by atoms with Crippen LogP contribution in [0.5, 0.6) is 0 Å². The van der Waals surface area contributed by atoms with E-state index >= 15 is 0 Å². The zero-order valence-electron chi connectivity index (χ0n) is 8.08. The first-order chi connectivity index (χ1) is 6.95. The van der Waals surface area contributed by atoms with Crippen molar-refractivity contribution in [1.29, 1.82) is 0 Å². The number of benzene rings is 1. The summed E-state index contributed by atoms with van der Waals surface area (Å²) in [4.78, 5) is 0. The molecule has 1 rings (SSSR count). The average molecular weight is 218 g/mol. The van der Waals surface area contributed by atoms with Gasteiger partial charge in [-0.3, -0.25) is 0 Å². The summed E-state index contributed by atoms with van der Waals surface area (Å²) in [5.74, 6) is 0. The van der Waals surface area contributed by atoms with E-state index in [0.717, 1.165) is 12.1 Å². The van der Waals surface area contributed by atoms with Crippen LogP contribution < -0.4 is 5.46 Å². The van der Waals surface area contributed by atoms with Gasteiger partial charge in [-0.2, -0.15) is 13.2 Å². The van der Waals surface area contributed by atoms with Gasteiger partial charge in [0.05, 0.1) is 5.56 Å². The highest BCUT2D eigenvalue weighted by molar-refractivity contribution is 6.59. The monoisotopic (exact) mass is 218 g/mol. The fraction of sp³-hybridized carbons (Fsp3) is 0.333. The maximum atomic E-state index is 12.2. The van der Waals surface area contributed by atoms with Gasteiger partial charge in [0, 0.05) is 6.61 Å². The van der Waals surface area contributed by atoms with Crippen LogP contribution in [0.1, 0.15) is 12.5 Å². The summed E-state index contributed by atoms with van der Waals surface area (Å²) in [6.07, 6.45) is -4.35. The molecule has 15 heavy (non-hydrogen) atoms. The maximum absolute atomic E-state index is 12.2. The van der Waals surface area contributed by atoms with E-state index in [4.69, 9.17) is 4.65 Å². The van der Waals surface area contributed by atoms with Crippen LogP contribution >= 0.6 is 0 Å². The standard InChI is InChI=1S/C9H10BF3O2/c1-2-15-10(14)8-5-3-7(4-6-8)9(11,12)13/h3-6,14H,2H2,1H3. The van der Waals surface area contributed by atoms with Crippen LogP contribution in [-0.4, -0.2) is 18.7 Å². The molecule has 1 aromatic rings. The second kappa shape index (κ2) is 4.68. The molecule has 0 fully saturated rings. The van der Waals surface area contributed by atoms with E-state index in [-0.39, 0.29) is 0 Å².